The fourth-order valence-electron chi connectivity index (χ4n) is 2.54. The number of amides is 2. The zero-order valence-electron chi connectivity index (χ0n) is 15.7. The van der Waals surface area contributed by atoms with Gasteiger partial charge in [0.1, 0.15) is 16.9 Å². The molecule has 2 heterocycles. The number of rotatable bonds is 3. The SMILES string of the molecule is Cc1ccc(NC(=O)OC(C)(C)C)cc1NC(=O)c1cnc2ccccn12. The fourth-order valence-corrected chi connectivity index (χ4v) is 2.54. The second-order valence-corrected chi connectivity index (χ2v) is 7.18. The molecular formula is C20H22N4O3. The summed E-state index contributed by atoms with van der Waals surface area (Å²) in [5, 5.41) is 5.55. The molecule has 0 aliphatic carbocycles. The van der Waals surface area contributed by atoms with E-state index in [0.29, 0.717) is 22.7 Å². The number of ether oxygens (including phenoxy) is 1. The van der Waals surface area contributed by atoms with Gasteiger partial charge in [-0.05, 0) is 57.5 Å². The summed E-state index contributed by atoms with van der Waals surface area (Å²) in [4.78, 5) is 28.8. The van der Waals surface area contributed by atoms with Gasteiger partial charge in [0, 0.05) is 17.6 Å². The number of aromatic nitrogens is 2. The third-order valence-electron chi connectivity index (χ3n) is 3.78. The Morgan fingerprint density at radius 1 is 1.11 bits per heavy atom. The zero-order valence-corrected chi connectivity index (χ0v) is 15.7. The monoisotopic (exact) mass is 366 g/mol. The van der Waals surface area contributed by atoms with Crippen LogP contribution >= 0.6 is 0 Å². The van der Waals surface area contributed by atoms with E-state index in [1.54, 1.807) is 43.5 Å². The van der Waals surface area contributed by atoms with Gasteiger partial charge in [0.2, 0.25) is 0 Å². The first-order chi connectivity index (χ1) is 12.7. The van der Waals surface area contributed by atoms with Crippen molar-refractivity contribution in [1.82, 2.24) is 9.38 Å². The van der Waals surface area contributed by atoms with Gasteiger partial charge in [-0.1, -0.05) is 12.1 Å². The molecule has 0 saturated carbocycles. The summed E-state index contributed by atoms with van der Waals surface area (Å²) in [6, 6.07) is 10.8. The number of hydrogen-bond acceptors (Lipinski definition) is 4. The smallest absolute Gasteiger partial charge is 0.412 e. The summed E-state index contributed by atoms with van der Waals surface area (Å²) >= 11 is 0. The molecule has 0 bridgehead atoms. The van der Waals surface area contributed by atoms with Crippen LogP contribution in [0.5, 0.6) is 0 Å². The van der Waals surface area contributed by atoms with Gasteiger partial charge in [-0.3, -0.25) is 14.5 Å². The largest absolute Gasteiger partial charge is 0.444 e. The number of nitrogens with zero attached hydrogens (tertiary/aromatic N) is 2. The van der Waals surface area contributed by atoms with Crippen LogP contribution in [0.15, 0.2) is 48.8 Å². The summed E-state index contributed by atoms with van der Waals surface area (Å²) in [5.41, 5.74) is 2.53. The third kappa shape index (κ3) is 4.44. The molecule has 27 heavy (non-hydrogen) atoms. The van der Waals surface area contributed by atoms with Crippen LogP contribution in [-0.4, -0.2) is 27.0 Å². The Balaban J connectivity index is 1.78. The number of benzene rings is 1. The highest BCUT2D eigenvalue weighted by molar-refractivity contribution is 6.04. The summed E-state index contributed by atoms with van der Waals surface area (Å²) in [6.45, 7) is 7.26. The standard InChI is InChI=1S/C20H22N4O3/c1-13-8-9-14(22-19(26)27-20(2,3)4)11-15(13)23-18(25)16-12-21-17-7-5-6-10-24(16)17/h5-12H,1-4H3,(H,22,26)(H,23,25). The lowest BCUT2D eigenvalue weighted by atomic mass is 10.1. The van der Waals surface area contributed by atoms with E-state index in [1.807, 2.05) is 31.2 Å². The van der Waals surface area contributed by atoms with Crippen LogP contribution < -0.4 is 10.6 Å². The van der Waals surface area contributed by atoms with Crippen molar-refractivity contribution in [1.29, 1.82) is 0 Å². The van der Waals surface area contributed by atoms with Gasteiger partial charge >= 0.3 is 6.09 Å². The van der Waals surface area contributed by atoms with Crippen molar-refractivity contribution >= 4 is 29.0 Å². The van der Waals surface area contributed by atoms with E-state index in [4.69, 9.17) is 4.74 Å². The molecule has 1 aromatic carbocycles. The quantitative estimate of drug-likeness (QED) is 0.726. The van der Waals surface area contributed by atoms with Crippen LogP contribution in [0.3, 0.4) is 0 Å². The number of carbonyl (C=O) groups is 2. The van der Waals surface area contributed by atoms with Crippen LogP contribution in [-0.2, 0) is 4.74 Å². The van der Waals surface area contributed by atoms with E-state index in [2.05, 4.69) is 15.6 Å². The van der Waals surface area contributed by atoms with Crippen molar-refractivity contribution in [2.45, 2.75) is 33.3 Å². The molecule has 2 N–H and O–H groups in total. The van der Waals surface area contributed by atoms with Gasteiger partial charge < -0.3 is 10.1 Å². The highest BCUT2D eigenvalue weighted by Gasteiger charge is 2.17. The lowest BCUT2D eigenvalue weighted by Gasteiger charge is -2.20. The van der Waals surface area contributed by atoms with Gasteiger partial charge in [-0.15, -0.1) is 0 Å². The van der Waals surface area contributed by atoms with E-state index in [9.17, 15) is 9.59 Å². The first kappa shape index (κ1) is 18.4. The molecule has 2 amide bonds. The molecule has 2 aromatic heterocycles. The minimum Gasteiger partial charge on any atom is -0.444 e. The third-order valence-corrected chi connectivity index (χ3v) is 3.78. The number of imidazole rings is 1. The van der Waals surface area contributed by atoms with Crippen molar-refractivity contribution in [3.8, 4) is 0 Å². The van der Waals surface area contributed by atoms with Crippen molar-refractivity contribution in [2.24, 2.45) is 0 Å². The van der Waals surface area contributed by atoms with Gasteiger partial charge in [0.25, 0.3) is 5.91 Å². The minimum atomic E-state index is -0.588. The zero-order chi connectivity index (χ0) is 19.6. The number of hydrogen-bond donors (Lipinski definition) is 2. The van der Waals surface area contributed by atoms with Crippen LogP contribution in [0.4, 0.5) is 16.2 Å². The molecule has 0 radical (unpaired) electrons. The first-order valence-corrected chi connectivity index (χ1v) is 8.57. The average molecular weight is 366 g/mol. The highest BCUT2D eigenvalue weighted by Crippen LogP contribution is 2.22. The van der Waals surface area contributed by atoms with Crippen molar-refractivity contribution in [3.63, 3.8) is 0 Å². The van der Waals surface area contributed by atoms with Crippen molar-refractivity contribution < 1.29 is 14.3 Å². The Morgan fingerprint density at radius 2 is 1.89 bits per heavy atom. The van der Waals surface area contributed by atoms with Crippen molar-refractivity contribution in [2.75, 3.05) is 10.6 Å². The predicted molar refractivity (Wildman–Crippen MR) is 104 cm³/mol. The van der Waals surface area contributed by atoms with Gasteiger partial charge in [0.15, 0.2) is 0 Å². The molecule has 140 valence electrons. The summed E-state index contributed by atoms with van der Waals surface area (Å²) < 4.78 is 6.97. The maximum atomic E-state index is 12.7. The van der Waals surface area contributed by atoms with Gasteiger partial charge in [-0.2, -0.15) is 0 Å². The van der Waals surface area contributed by atoms with E-state index >= 15 is 0 Å². The Hall–Kier alpha value is -3.35. The minimum absolute atomic E-state index is 0.286. The Labute approximate surface area is 157 Å². The molecule has 0 aliphatic heterocycles. The van der Waals surface area contributed by atoms with E-state index in [1.165, 1.54) is 6.20 Å². The molecule has 0 fully saturated rings. The second-order valence-electron chi connectivity index (χ2n) is 7.18. The van der Waals surface area contributed by atoms with Crippen LogP contribution in [0.25, 0.3) is 5.65 Å². The molecule has 0 unspecified atom stereocenters. The fraction of sp³-hybridized carbons (Fsp3) is 0.250. The highest BCUT2D eigenvalue weighted by atomic mass is 16.6. The van der Waals surface area contributed by atoms with Gasteiger partial charge in [0.05, 0.1) is 6.20 Å². The van der Waals surface area contributed by atoms with Crippen molar-refractivity contribution in [3.05, 3.63) is 60.0 Å². The second kappa shape index (κ2) is 7.11. The molecule has 0 aliphatic rings. The molecule has 3 rings (SSSR count). The number of anilines is 2. The molecule has 3 aromatic rings. The first-order valence-electron chi connectivity index (χ1n) is 8.57. The molecule has 0 spiro atoms. The molecule has 0 atom stereocenters. The molecule has 7 nitrogen and oxygen atoms in total. The normalized spacial score (nSPS) is 11.3. The average Bonchev–Trinajstić information content (AvgIpc) is 3.00. The van der Waals surface area contributed by atoms with Crippen LogP contribution in [0, 0.1) is 6.92 Å². The number of fused-ring (bicyclic) bond motifs is 1. The summed E-state index contributed by atoms with van der Waals surface area (Å²) in [7, 11) is 0. The maximum absolute atomic E-state index is 12.7. The molecular weight excluding hydrogens is 344 g/mol. The number of aryl methyl sites for hydroxylation is 1. The van der Waals surface area contributed by atoms with Crippen LogP contribution in [0.2, 0.25) is 0 Å². The number of pyridine rings is 1. The topological polar surface area (TPSA) is 84.7 Å². The summed E-state index contributed by atoms with van der Waals surface area (Å²) in [5.74, 6) is -0.286. The lowest BCUT2D eigenvalue weighted by Crippen LogP contribution is -2.27. The molecule has 0 saturated heterocycles. The van der Waals surface area contributed by atoms with Crippen LogP contribution in [0.1, 0.15) is 36.8 Å². The Bertz CT molecular complexity index is 1000. The number of carbonyl (C=O) groups excluding carboxylic acids is 2. The predicted octanol–water partition coefficient (Wildman–Crippen LogP) is 4.24. The molecule has 7 heteroatoms. The summed E-state index contributed by atoms with van der Waals surface area (Å²) in [6.07, 6.45) is 2.76. The van der Waals surface area contributed by atoms with Gasteiger partial charge in [-0.25, -0.2) is 9.78 Å². The van der Waals surface area contributed by atoms with E-state index in [-0.39, 0.29) is 5.91 Å². The maximum Gasteiger partial charge on any atom is 0.412 e. The van der Waals surface area contributed by atoms with E-state index < -0.39 is 11.7 Å². The van der Waals surface area contributed by atoms with E-state index in [0.717, 1.165) is 5.56 Å². The number of nitrogens with one attached hydrogen (secondary N) is 2. The Morgan fingerprint density at radius 3 is 2.63 bits per heavy atom. The lowest BCUT2D eigenvalue weighted by molar-refractivity contribution is 0.0636. The Kier molecular flexibility index (Phi) is 4.85.